The Bertz CT molecular complexity index is 868. The van der Waals surface area contributed by atoms with E-state index in [9.17, 15) is 13.2 Å². The van der Waals surface area contributed by atoms with Crippen LogP contribution in [0.2, 0.25) is 0 Å². The molecule has 0 unspecified atom stereocenters. The van der Waals surface area contributed by atoms with E-state index in [1.54, 1.807) is 23.1 Å². The molecule has 0 radical (unpaired) electrons. The zero-order valence-corrected chi connectivity index (χ0v) is 16.8. The fourth-order valence-corrected chi connectivity index (χ4v) is 5.69. The van der Waals surface area contributed by atoms with Gasteiger partial charge in [0.2, 0.25) is 6.79 Å². The molecule has 1 atom stereocenters. The van der Waals surface area contributed by atoms with Crippen molar-refractivity contribution in [3.8, 4) is 11.5 Å². The maximum Gasteiger partial charge on any atom is 0.322 e. The van der Waals surface area contributed by atoms with Crippen LogP contribution in [0.3, 0.4) is 0 Å². The van der Waals surface area contributed by atoms with Crippen molar-refractivity contribution in [1.82, 2.24) is 9.80 Å². The summed E-state index contributed by atoms with van der Waals surface area (Å²) in [6.45, 7) is 4.10. The van der Waals surface area contributed by atoms with E-state index in [1.807, 2.05) is 18.9 Å². The lowest BCUT2D eigenvalue weighted by atomic mass is 9.96. The number of sulfone groups is 1. The number of fused-ring (bicyclic) bond motifs is 1. The van der Waals surface area contributed by atoms with Crippen LogP contribution in [-0.4, -0.2) is 87.5 Å². The Balaban J connectivity index is 1.33. The van der Waals surface area contributed by atoms with Crippen molar-refractivity contribution in [2.45, 2.75) is 17.8 Å². The van der Waals surface area contributed by atoms with Crippen LogP contribution in [-0.2, 0) is 14.6 Å². The summed E-state index contributed by atoms with van der Waals surface area (Å²) in [6.07, 6.45) is 0. The molecule has 3 heterocycles. The first-order valence-electron chi connectivity index (χ1n) is 9.30. The van der Waals surface area contributed by atoms with Crippen LogP contribution in [0.25, 0.3) is 0 Å². The van der Waals surface area contributed by atoms with Crippen LogP contribution < -0.4 is 14.8 Å². The summed E-state index contributed by atoms with van der Waals surface area (Å²) in [5, 5.41) is 2.28. The highest BCUT2D eigenvalue weighted by Gasteiger charge is 2.53. The van der Waals surface area contributed by atoms with E-state index < -0.39 is 20.7 Å². The van der Waals surface area contributed by atoms with Crippen LogP contribution in [0.5, 0.6) is 11.5 Å². The molecule has 3 aliphatic heterocycles. The summed E-state index contributed by atoms with van der Waals surface area (Å²) in [5.41, 5.74) is -0.193. The predicted molar refractivity (Wildman–Crippen MR) is 103 cm³/mol. The highest BCUT2D eigenvalue weighted by Crippen LogP contribution is 2.36. The van der Waals surface area contributed by atoms with Gasteiger partial charge < -0.3 is 29.3 Å². The fourth-order valence-electron chi connectivity index (χ4n) is 3.69. The number of carbonyl (C=O) groups is 1. The second kappa shape index (κ2) is 7.09. The van der Waals surface area contributed by atoms with Crippen molar-refractivity contribution in [3.63, 3.8) is 0 Å². The first-order chi connectivity index (χ1) is 13.3. The van der Waals surface area contributed by atoms with Gasteiger partial charge >= 0.3 is 6.03 Å². The molecule has 1 aromatic rings. The van der Waals surface area contributed by atoms with Crippen LogP contribution in [0.15, 0.2) is 18.2 Å². The maximum atomic E-state index is 12.7. The molecule has 154 valence electrons. The molecule has 10 heteroatoms. The number of carbonyl (C=O) groups excluding carboxylic acids is 1. The van der Waals surface area contributed by atoms with Crippen LogP contribution in [0.1, 0.15) is 6.92 Å². The summed E-state index contributed by atoms with van der Waals surface area (Å²) < 4.78 is 41.8. The quantitative estimate of drug-likeness (QED) is 0.781. The van der Waals surface area contributed by atoms with E-state index in [-0.39, 0.29) is 38.3 Å². The number of urea groups is 1. The Labute approximate surface area is 164 Å². The van der Waals surface area contributed by atoms with Gasteiger partial charge in [-0.25, -0.2) is 13.2 Å². The third kappa shape index (κ3) is 3.63. The van der Waals surface area contributed by atoms with Crippen molar-refractivity contribution in [2.75, 3.05) is 57.7 Å². The van der Waals surface area contributed by atoms with Gasteiger partial charge in [0.25, 0.3) is 0 Å². The molecule has 2 amide bonds. The second-order valence-electron chi connectivity index (χ2n) is 7.63. The van der Waals surface area contributed by atoms with E-state index in [1.165, 1.54) is 0 Å². The number of benzene rings is 1. The largest absolute Gasteiger partial charge is 0.454 e. The standard InChI is InChI=1S/C18H25N3O6S/c1-3-20(2)7-14-8-27-18(11-28(14,23)24)9-21(10-18)17(22)19-13-4-5-15-16(6-13)26-12-25-15/h4-6,14H,3,7-12H2,1-2H3,(H,19,22)/t14-/m0/s1. The minimum absolute atomic E-state index is 0.0456. The molecule has 1 aromatic carbocycles. The molecule has 0 aliphatic carbocycles. The van der Waals surface area contributed by atoms with E-state index in [0.29, 0.717) is 23.7 Å². The summed E-state index contributed by atoms with van der Waals surface area (Å²) in [5.74, 6) is 1.18. The van der Waals surface area contributed by atoms with Gasteiger partial charge in [0.15, 0.2) is 21.3 Å². The van der Waals surface area contributed by atoms with Crippen molar-refractivity contribution >= 4 is 21.6 Å². The molecule has 1 spiro atoms. The molecular weight excluding hydrogens is 386 g/mol. The van der Waals surface area contributed by atoms with Gasteiger partial charge in [0.1, 0.15) is 5.60 Å². The lowest BCUT2D eigenvalue weighted by molar-refractivity contribution is -0.117. The zero-order valence-electron chi connectivity index (χ0n) is 16.0. The van der Waals surface area contributed by atoms with Crippen LogP contribution in [0.4, 0.5) is 10.5 Å². The SMILES string of the molecule is CCN(C)C[C@H]1COC2(CN(C(=O)Nc3ccc4c(c3)OCO4)C2)CS1(=O)=O. The van der Waals surface area contributed by atoms with E-state index in [4.69, 9.17) is 14.2 Å². The minimum atomic E-state index is -3.27. The lowest BCUT2D eigenvalue weighted by Gasteiger charge is -2.52. The Morgan fingerprint density at radius 2 is 2.07 bits per heavy atom. The molecule has 0 aromatic heterocycles. The summed E-state index contributed by atoms with van der Waals surface area (Å²) in [4.78, 5) is 16.0. The van der Waals surface area contributed by atoms with Gasteiger partial charge in [-0.2, -0.15) is 0 Å². The highest BCUT2D eigenvalue weighted by atomic mass is 32.2. The van der Waals surface area contributed by atoms with Gasteiger partial charge in [-0.3, -0.25) is 0 Å². The number of rotatable bonds is 4. The Hall–Kier alpha value is -2.04. The van der Waals surface area contributed by atoms with Gasteiger partial charge in [0.05, 0.1) is 30.7 Å². The third-order valence-electron chi connectivity index (χ3n) is 5.47. The number of likely N-dealkylation sites (tertiary alicyclic amines) is 1. The van der Waals surface area contributed by atoms with Crippen molar-refractivity contribution in [1.29, 1.82) is 0 Å². The molecule has 2 fully saturated rings. The lowest BCUT2D eigenvalue weighted by Crippen LogP contribution is -2.71. The molecule has 4 rings (SSSR count). The maximum absolute atomic E-state index is 12.7. The van der Waals surface area contributed by atoms with E-state index in [2.05, 4.69) is 5.32 Å². The fraction of sp³-hybridized carbons (Fsp3) is 0.611. The average Bonchev–Trinajstić information content (AvgIpc) is 3.08. The number of anilines is 1. The number of amides is 2. The minimum Gasteiger partial charge on any atom is -0.454 e. The van der Waals surface area contributed by atoms with Crippen molar-refractivity contribution in [2.24, 2.45) is 0 Å². The molecule has 1 N–H and O–H groups in total. The molecule has 2 saturated heterocycles. The average molecular weight is 411 g/mol. The number of hydrogen-bond acceptors (Lipinski definition) is 7. The summed E-state index contributed by atoms with van der Waals surface area (Å²) in [7, 11) is -1.37. The van der Waals surface area contributed by atoms with Crippen LogP contribution >= 0.6 is 0 Å². The third-order valence-corrected chi connectivity index (χ3v) is 7.70. The highest BCUT2D eigenvalue weighted by molar-refractivity contribution is 7.92. The van der Waals surface area contributed by atoms with E-state index >= 15 is 0 Å². The van der Waals surface area contributed by atoms with Gasteiger partial charge in [-0.05, 0) is 25.7 Å². The number of nitrogens with zero attached hydrogens (tertiary/aromatic N) is 2. The Morgan fingerprint density at radius 3 is 2.79 bits per heavy atom. The van der Waals surface area contributed by atoms with Crippen molar-refractivity contribution < 1.29 is 27.4 Å². The monoisotopic (exact) mass is 411 g/mol. The van der Waals surface area contributed by atoms with Gasteiger partial charge in [0, 0.05) is 18.3 Å². The number of ether oxygens (including phenoxy) is 3. The van der Waals surface area contributed by atoms with Gasteiger partial charge in [-0.1, -0.05) is 6.92 Å². The van der Waals surface area contributed by atoms with Crippen molar-refractivity contribution in [3.05, 3.63) is 18.2 Å². The first-order valence-corrected chi connectivity index (χ1v) is 11.0. The zero-order chi connectivity index (χ0) is 19.9. The van der Waals surface area contributed by atoms with Gasteiger partial charge in [-0.15, -0.1) is 0 Å². The summed E-state index contributed by atoms with van der Waals surface area (Å²) in [6, 6.07) is 4.88. The number of nitrogens with one attached hydrogen (secondary N) is 1. The second-order valence-corrected chi connectivity index (χ2v) is 9.91. The molecular formula is C18H25N3O6S. The number of hydrogen-bond donors (Lipinski definition) is 1. The molecule has 28 heavy (non-hydrogen) atoms. The molecule has 3 aliphatic rings. The Morgan fingerprint density at radius 1 is 1.32 bits per heavy atom. The predicted octanol–water partition coefficient (Wildman–Crippen LogP) is 0.767. The molecule has 0 saturated carbocycles. The molecule has 0 bridgehead atoms. The topological polar surface area (TPSA) is 97.4 Å². The first kappa shape index (κ1) is 19.3. The van der Waals surface area contributed by atoms with E-state index in [0.717, 1.165) is 6.54 Å². The molecule has 9 nitrogen and oxygen atoms in total. The smallest absolute Gasteiger partial charge is 0.322 e. The Kier molecular flexibility index (Phi) is 4.88. The normalized spacial score (nSPS) is 24.2. The summed E-state index contributed by atoms with van der Waals surface area (Å²) >= 11 is 0. The van der Waals surface area contributed by atoms with Crippen LogP contribution in [0, 0.1) is 0 Å².